The van der Waals surface area contributed by atoms with Gasteiger partial charge in [-0.25, -0.2) is 8.42 Å². The van der Waals surface area contributed by atoms with Gasteiger partial charge in [-0.3, -0.25) is 4.79 Å². The third kappa shape index (κ3) is 4.69. The van der Waals surface area contributed by atoms with Crippen LogP contribution in [0.25, 0.3) is 0 Å². The van der Waals surface area contributed by atoms with Crippen LogP contribution in [0, 0.1) is 13.8 Å². The van der Waals surface area contributed by atoms with Crippen molar-refractivity contribution in [3.63, 3.8) is 0 Å². The van der Waals surface area contributed by atoms with Crippen LogP contribution < -0.4 is 5.32 Å². The summed E-state index contributed by atoms with van der Waals surface area (Å²) in [7, 11) is 3.02. The fraction of sp³-hybridized carbons (Fsp3) is 0.500. The maximum Gasteiger partial charge on any atom is 0.261 e. The molecule has 0 aromatic heterocycles. The minimum absolute atomic E-state index is 0.0815. The average Bonchev–Trinajstić information content (AvgIpc) is 2.29. The molecule has 5 nitrogen and oxygen atoms in total. The molecule has 1 amide bonds. The van der Waals surface area contributed by atoms with Crippen LogP contribution in [-0.4, -0.2) is 33.6 Å². The van der Waals surface area contributed by atoms with Crippen molar-refractivity contribution in [2.75, 3.05) is 13.7 Å². The van der Waals surface area contributed by atoms with Gasteiger partial charge in [0.05, 0.1) is 17.0 Å². The number of ether oxygens (including phenoxy) is 1. The van der Waals surface area contributed by atoms with Crippen LogP contribution in [0.4, 0.5) is 0 Å². The summed E-state index contributed by atoms with van der Waals surface area (Å²) in [6, 6.07) is 2.75. The molecule has 0 bridgehead atoms. The van der Waals surface area contributed by atoms with Crippen molar-refractivity contribution < 1.29 is 17.9 Å². The molecule has 0 spiro atoms. The van der Waals surface area contributed by atoms with Crippen LogP contribution in [0.3, 0.4) is 0 Å². The van der Waals surface area contributed by atoms with Crippen LogP contribution in [0.2, 0.25) is 0 Å². The summed E-state index contributed by atoms with van der Waals surface area (Å²) in [5.74, 6) is -0.361. The number of halogens is 1. The SMILES string of the molecule is COCC(C)(C)NC(=O)c1cc(S(=O)(=O)Cl)cc(C)c1C. The van der Waals surface area contributed by atoms with Crippen LogP contribution in [0.15, 0.2) is 17.0 Å². The topological polar surface area (TPSA) is 72.5 Å². The number of nitrogens with one attached hydrogen (secondary N) is 1. The maximum absolute atomic E-state index is 12.4. The van der Waals surface area contributed by atoms with Crippen molar-refractivity contribution in [3.8, 4) is 0 Å². The monoisotopic (exact) mass is 333 g/mol. The molecule has 0 radical (unpaired) electrons. The highest BCUT2D eigenvalue weighted by atomic mass is 35.7. The Hall–Kier alpha value is -1.11. The third-order valence-corrected chi connectivity index (χ3v) is 4.46. The first-order valence-electron chi connectivity index (χ1n) is 6.35. The average molecular weight is 334 g/mol. The van der Waals surface area contributed by atoms with E-state index in [1.54, 1.807) is 21.0 Å². The summed E-state index contributed by atoms with van der Waals surface area (Å²) in [6.07, 6.45) is 0. The van der Waals surface area contributed by atoms with Gasteiger partial charge in [-0.1, -0.05) is 0 Å². The molecular weight excluding hydrogens is 314 g/mol. The smallest absolute Gasteiger partial charge is 0.261 e. The number of methoxy groups -OCH3 is 1. The number of benzene rings is 1. The van der Waals surface area contributed by atoms with Gasteiger partial charge in [0.25, 0.3) is 15.0 Å². The molecule has 0 saturated carbocycles. The summed E-state index contributed by atoms with van der Waals surface area (Å²) in [5.41, 5.74) is 1.12. The van der Waals surface area contributed by atoms with E-state index in [1.807, 2.05) is 13.8 Å². The predicted molar refractivity (Wildman–Crippen MR) is 82.4 cm³/mol. The number of carbonyl (C=O) groups is 1. The second-order valence-electron chi connectivity index (χ2n) is 5.62. The molecule has 0 unspecified atom stereocenters. The normalized spacial score (nSPS) is 12.3. The summed E-state index contributed by atoms with van der Waals surface area (Å²) in [4.78, 5) is 12.3. The van der Waals surface area contributed by atoms with Crippen molar-refractivity contribution in [1.29, 1.82) is 0 Å². The van der Waals surface area contributed by atoms with Gasteiger partial charge in [0.15, 0.2) is 0 Å². The van der Waals surface area contributed by atoms with E-state index in [2.05, 4.69) is 5.32 Å². The Kier molecular flexibility index (Phi) is 5.41. The van der Waals surface area contributed by atoms with E-state index in [0.29, 0.717) is 23.3 Å². The summed E-state index contributed by atoms with van der Waals surface area (Å²) >= 11 is 0. The fourth-order valence-corrected chi connectivity index (χ4v) is 2.82. The van der Waals surface area contributed by atoms with Crippen LogP contribution in [0.1, 0.15) is 35.3 Å². The minimum Gasteiger partial charge on any atom is -0.382 e. The molecule has 0 aliphatic rings. The first kappa shape index (κ1) is 17.9. The first-order chi connectivity index (χ1) is 9.48. The zero-order valence-corrected chi connectivity index (χ0v) is 14.4. The Labute approximate surface area is 130 Å². The molecule has 0 aliphatic carbocycles. The molecule has 0 fully saturated rings. The van der Waals surface area contributed by atoms with Gasteiger partial charge in [0, 0.05) is 23.4 Å². The molecule has 0 saturated heterocycles. The number of rotatable bonds is 5. The van der Waals surface area contributed by atoms with Crippen molar-refractivity contribution in [2.45, 2.75) is 38.1 Å². The molecule has 0 heterocycles. The highest BCUT2D eigenvalue weighted by Gasteiger charge is 2.24. The number of amides is 1. The number of carbonyl (C=O) groups excluding carboxylic acids is 1. The molecule has 1 N–H and O–H groups in total. The molecule has 7 heteroatoms. The maximum atomic E-state index is 12.4. The number of hydrogen-bond acceptors (Lipinski definition) is 4. The molecule has 1 aromatic rings. The Balaban J connectivity index is 3.24. The molecule has 21 heavy (non-hydrogen) atoms. The zero-order valence-electron chi connectivity index (χ0n) is 12.8. The second-order valence-corrected chi connectivity index (χ2v) is 8.19. The van der Waals surface area contributed by atoms with Crippen LogP contribution in [-0.2, 0) is 13.8 Å². The van der Waals surface area contributed by atoms with Crippen LogP contribution in [0.5, 0.6) is 0 Å². The molecule has 0 aliphatic heterocycles. The van der Waals surface area contributed by atoms with Gasteiger partial charge in [0.2, 0.25) is 0 Å². The largest absolute Gasteiger partial charge is 0.382 e. The summed E-state index contributed by atoms with van der Waals surface area (Å²) in [5, 5.41) is 2.82. The van der Waals surface area contributed by atoms with E-state index in [0.717, 1.165) is 0 Å². The highest BCUT2D eigenvalue weighted by Crippen LogP contribution is 2.23. The predicted octanol–water partition coefficient (Wildman–Crippen LogP) is 2.39. The van der Waals surface area contributed by atoms with E-state index in [4.69, 9.17) is 15.4 Å². The lowest BCUT2D eigenvalue weighted by atomic mass is 10.0. The Morgan fingerprint density at radius 2 is 1.90 bits per heavy atom. The van der Waals surface area contributed by atoms with E-state index in [1.165, 1.54) is 12.1 Å². The molecule has 1 rings (SSSR count). The summed E-state index contributed by atoms with van der Waals surface area (Å²) in [6.45, 7) is 7.47. The van der Waals surface area contributed by atoms with E-state index >= 15 is 0 Å². The van der Waals surface area contributed by atoms with Gasteiger partial charge in [-0.05, 0) is 51.0 Å². The Bertz CT molecular complexity index is 653. The Morgan fingerprint density at radius 3 is 2.38 bits per heavy atom. The molecular formula is C14H20ClNO4S. The second kappa shape index (κ2) is 6.34. The van der Waals surface area contributed by atoms with Crippen LogP contribution >= 0.6 is 10.7 Å². The number of aryl methyl sites for hydroxylation is 1. The quantitative estimate of drug-likeness (QED) is 0.840. The van der Waals surface area contributed by atoms with E-state index < -0.39 is 14.6 Å². The Morgan fingerprint density at radius 1 is 1.33 bits per heavy atom. The van der Waals surface area contributed by atoms with E-state index in [9.17, 15) is 13.2 Å². The van der Waals surface area contributed by atoms with Gasteiger partial charge < -0.3 is 10.1 Å². The van der Waals surface area contributed by atoms with Gasteiger partial charge >= 0.3 is 0 Å². The minimum atomic E-state index is -3.88. The standard InChI is InChI=1S/C14H20ClNO4S/c1-9-6-11(21(15,18)19)7-12(10(9)2)13(17)16-14(3,4)8-20-5/h6-7H,8H2,1-5H3,(H,16,17). The van der Waals surface area contributed by atoms with Crippen molar-refractivity contribution in [2.24, 2.45) is 0 Å². The third-order valence-electron chi connectivity index (χ3n) is 3.12. The first-order valence-corrected chi connectivity index (χ1v) is 8.66. The zero-order chi connectivity index (χ0) is 16.4. The molecule has 0 atom stereocenters. The lowest BCUT2D eigenvalue weighted by molar-refractivity contribution is 0.0819. The van der Waals surface area contributed by atoms with Crippen molar-refractivity contribution in [1.82, 2.24) is 5.32 Å². The molecule has 1 aromatic carbocycles. The lowest BCUT2D eigenvalue weighted by Gasteiger charge is -2.26. The number of hydrogen-bond donors (Lipinski definition) is 1. The van der Waals surface area contributed by atoms with Gasteiger partial charge in [-0.15, -0.1) is 0 Å². The van der Waals surface area contributed by atoms with E-state index in [-0.39, 0.29) is 10.8 Å². The van der Waals surface area contributed by atoms with Crippen molar-refractivity contribution in [3.05, 3.63) is 28.8 Å². The molecule has 118 valence electrons. The van der Waals surface area contributed by atoms with Gasteiger partial charge in [0.1, 0.15) is 0 Å². The van der Waals surface area contributed by atoms with Crippen molar-refractivity contribution >= 4 is 25.6 Å². The highest BCUT2D eigenvalue weighted by molar-refractivity contribution is 8.13. The summed E-state index contributed by atoms with van der Waals surface area (Å²) < 4.78 is 28.0. The lowest BCUT2D eigenvalue weighted by Crippen LogP contribution is -2.47. The fourth-order valence-electron chi connectivity index (χ4n) is 1.97. The van der Waals surface area contributed by atoms with Gasteiger partial charge in [-0.2, -0.15) is 0 Å².